The van der Waals surface area contributed by atoms with Gasteiger partial charge in [-0.15, -0.1) is 5.10 Å². The molecule has 4 heterocycles. The summed E-state index contributed by atoms with van der Waals surface area (Å²) in [5.74, 6) is 1.17. The Labute approximate surface area is 131 Å². The van der Waals surface area contributed by atoms with Crippen molar-refractivity contribution >= 4 is 16.6 Å². The van der Waals surface area contributed by atoms with Crippen LogP contribution in [-0.4, -0.2) is 32.2 Å². The van der Waals surface area contributed by atoms with Crippen molar-refractivity contribution in [2.24, 2.45) is 5.73 Å². The summed E-state index contributed by atoms with van der Waals surface area (Å²) >= 11 is 0. The summed E-state index contributed by atoms with van der Waals surface area (Å²) < 4.78 is 13.1. The van der Waals surface area contributed by atoms with Crippen LogP contribution in [0.4, 0.5) is 0 Å². The van der Waals surface area contributed by atoms with E-state index in [4.69, 9.17) is 14.9 Å². The average molecular weight is 309 g/mol. The molecule has 0 fully saturated rings. The highest BCUT2D eigenvalue weighted by Gasteiger charge is 2.13. The summed E-state index contributed by atoms with van der Waals surface area (Å²) in [6.45, 7) is 2.28. The highest BCUT2D eigenvalue weighted by atomic mass is 16.5. The summed E-state index contributed by atoms with van der Waals surface area (Å²) in [6, 6.07) is 7.31. The summed E-state index contributed by atoms with van der Waals surface area (Å²) in [5.41, 5.74) is 7.94. The highest BCUT2D eigenvalue weighted by molar-refractivity contribution is 5.81. The third kappa shape index (κ3) is 2.51. The first-order chi connectivity index (χ1) is 11.2. The van der Waals surface area contributed by atoms with E-state index in [1.807, 2.05) is 25.1 Å². The summed E-state index contributed by atoms with van der Waals surface area (Å²) in [4.78, 5) is 8.44. The molecule has 0 saturated heterocycles. The van der Waals surface area contributed by atoms with Gasteiger partial charge in [-0.25, -0.2) is 9.50 Å². The number of pyridine rings is 1. The van der Waals surface area contributed by atoms with Crippen molar-refractivity contribution in [3.63, 3.8) is 0 Å². The average Bonchev–Trinajstić information content (AvgIpc) is 3.15. The second-order valence-corrected chi connectivity index (χ2v) is 5.40. The van der Waals surface area contributed by atoms with Gasteiger partial charge < -0.3 is 14.9 Å². The van der Waals surface area contributed by atoms with Gasteiger partial charge in [0.1, 0.15) is 17.9 Å². The second-order valence-electron chi connectivity index (χ2n) is 5.40. The molecule has 0 radical (unpaired) electrons. The summed E-state index contributed by atoms with van der Waals surface area (Å²) in [7, 11) is 0. The first-order valence-electron chi connectivity index (χ1n) is 7.28. The molecule has 0 aliphatic carbocycles. The van der Waals surface area contributed by atoms with Gasteiger partial charge in [-0.05, 0) is 25.1 Å². The van der Waals surface area contributed by atoms with Crippen molar-refractivity contribution in [1.29, 1.82) is 0 Å². The summed E-state index contributed by atoms with van der Waals surface area (Å²) in [5, 5.41) is 5.39. The first kappa shape index (κ1) is 13.7. The lowest BCUT2D eigenvalue weighted by molar-refractivity contribution is 0.281. The van der Waals surface area contributed by atoms with E-state index >= 15 is 0 Å². The van der Waals surface area contributed by atoms with Crippen LogP contribution in [0.15, 0.2) is 47.3 Å². The number of nitrogens with two attached hydrogens (primary N) is 1. The second kappa shape index (κ2) is 5.36. The molecule has 4 aromatic heterocycles. The van der Waals surface area contributed by atoms with Crippen molar-refractivity contribution in [3.05, 3.63) is 42.9 Å². The molecule has 1 atom stereocenters. The third-order valence-electron chi connectivity index (χ3n) is 3.40. The maximum Gasteiger partial charge on any atom is 0.231 e. The van der Waals surface area contributed by atoms with Crippen molar-refractivity contribution in [2.45, 2.75) is 13.0 Å². The number of ether oxygens (including phenoxy) is 1. The molecule has 0 aliphatic rings. The predicted octanol–water partition coefficient (Wildman–Crippen LogP) is 2.26. The molecule has 0 amide bonds. The molecule has 0 saturated carbocycles. The highest BCUT2D eigenvalue weighted by Crippen LogP contribution is 2.27. The Hall–Kier alpha value is -2.93. The van der Waals surface area contributed by atoms with Gasteiger partial charge in [-0.3, -0.25) is 4.98 Å². The van der Waals surface area contributed by atoms with Gasteiger partial charge in [0.05, 0.1) is 6.20 Å². The zero-order chi connectivity index (χ0) is 15.8. The van der Waals surface area contributed by atoms with E-state index in [0.29, 0.717) is 23.9 Å². The standard InChI is InChI=1S/C16H15N5O2/c1-10(17)9-22-16-3-2-15-19-8-12(21(15)20-16)14-6-11-7-18-5-4-13(11)23-14/h2-8,10H,9,17H2,1H3/t10-/m0/s1. The van der Waals surface area contributed by atoms with Gasteiger partial charge in [-0.2, -0.15) is 0 Å². The molecule has 0 bridgehead atoms. The number of imidazole rings is 1. The van der Waals surface area contributed by atoms with Crippen LogP contribution in [-0.2, 0) is 0 Å². The number of fused-ring (bicyclic) bond motifs is 2. The molecule has 7 nitrogen and oxygen atoms in total. The topological polar surface area (TPSA) is 91.5 Å². The Bertz CT molecular complexity index is 940. The van der Waals surface area contributed by atoms with E-state index in [1.54, 1.807) is 29.2 Å². The zero-order valence-electron chi connectivity index (χ0n) is 12.5. The van der Waals surface area contributed by atoms with Crippen molar-refractivity contribution in [1.82, 2.24) is 19.6 Å². The summed E-state index contributed by atoms with van der Waals surface area (Å²) in [6.07, 6.45) is 5.18. The molecular weight excluding hydrogens is 294 g/mol. The fourth-order valence-corrected chi connectivity index (χ4v) is 2.33. The van der Waals surface area contributed by atoms with Gasteiger partial charge in [0.15, 0.2) is 11.4 Å². The van der Waals surface area contributed by atoms with E-state index in [2.05, 4.69) is 15.1 Å². The van der Waals surface area contributed by atoms with Gasteiger partial charge in [0, 0.05) is 29.9 Å². The number of rotatable bonds is 4. The van der Waals surface area contributed by atoms with E-state index in [1.165, 1.54) is 0 Å². The van der Waals surface area contributed by atoms with Crippen LogP contribution in [0, 0.1) is 0 Å². The lowest BCUT2D eigenvalue weighted by Gasteiger charge is -2.08. The van der Waals surface area contributed by atoms with Gasteiger partial charge in [-0.1, -0.05) is 0 Å². The molecule has 2 N–H and O–H groups in total. The Morgan fingerprint density at radius 3 is 3.04 bits per heavy atom. The third-order valence-corrected chi connectivity index (χ3v) is 3.40. The van der Waals surface area contributed by atoms with Crippen LogP contribution in [0.5, 0.6) is 5.88 Å². The molecule has 0 aromatic carbocycles. The van der Waals surface area contributed by atoms with E-state index in [-0.39, 0.29) is 6.04 Å². The molecule has 4 rings (SSSR count). The fourth-order valence-electron chi connectivity index (χ4n) is 2.33. The number of nitrogens with zero attached hydrogens (tertiary/aromatic N) is 4. The number of hydrogen-bond donors (Lipinski definition) is 1. The zero-order valence-corrected chi connectivity index (χ0v) is 12.5. The maximum atomic E-state index is 5.86. The van der Waals surface area contributed by atoms with Crippen molar-refractivity contribution < 1.29 is 9.15 Å². The molecule has 0 unspecified atom stereocenters. The van der Waals surface area contributed by atoms with E-state index < -0.39 is 0 Å². The van der Waals surface area contributed by atoms with Crippen LogP contribution in [0.1, 0.15) is 6.92 Å². The van der Waals surface area contributed by atoms with E-state index in [9.17, 15) is 0 Å². The van der Waals surface area contributed by atoms with Gasteiger partial charge in [0.25, 0.3) is 0 Å². The van der Waals surface area contributed by atoms with E-state index in [0.717, 1.165) is 16.7 Å². The first-order valence-corrected chi connectivity index (χ1v) is 7.28. The van der Waals surface area contributed by atoms with Crippen LogP contribution in [0.25, 0.3) is 28.1 Å². The molecule has 23 heavy (non-hydrogen) atoms. The minimum atomic E-state index is -0.0578. The normalized spacial score (nSPS) is 12.8. The fraction of sp³-hybridized carbons (Fsp3) is 0.188. The molecular formula is C16H15N5O2. The van der Waals surface area contributed by atoms with Crippen molar-refractivity contribution in [2.75, 3.05) is 6.61 Å². The molecule has 116 valence electrons. The quantitative estimate of drug-likeness (QED) is 0.621. The Morgan fingerprint density at radius 1 is 1.30 bits per heavy atom. The van der Waals surface area contributed by atoms with Crippen LogP contribution in [0.3, 0.4) is 0 Å². The Balaban J connectivity index is 1.78. The Kier molecular flexibility index (Phi) is 3.20. The number of hydrogen-bond acceptors (Lipinski definition) is 6. The smallest absolute Gasteiger partial charge is 0.231 e. The van der Waals surface area contributed by atoms with Crippen LogP contribution in [0.2, 0.25) is 0 Å². The predicted molar refractivity (Wildman–Crippen MR) is 85.1 cm³/mol. The molecule has 7 heteroatoms. The van der Waals surface area contributed by atoms with Crippen LogP contribution >= 0.6 is 0 Å². The van der Waals surface area contributed by atoms with Crippen molar-refractivity contribution in [3.8, 4) is 17.3 Å². The minimum absolute atomic E-state index is 0.0578. The number of aromatic nitrogens is 4. The minimum Gasteiger partial charge on any atom is -0.475 e. The monoisotopic (exact) mass is 309 g/mol. The lowest BCUT2D eigenvalue weighted by Crippen LogP contribution is -2.24. The number of furan rings is 1. The largest absolute Gasteiger partial charge is 0.475 e. The maximum absolute atomic E-state index is 5.86. The molecule has 4 aromatic rings. The molecule has 0 aliphatic heterocycles. The molecule has 0 spiro atoms. The Morgan fingerprint density at radius 2 is 2.22 bits per heavy atom. The van der Waals surface area contributed by atoms with Gasteiger partial charge in [0.2, 0.25) is 5.88 Å². The van der Waals surface area contributed by atoms with Gasteiger partial charge >= 0.3 is 0 Å². The SMILES string of the molecule is C[C@H](N)COc1ccc2ncc(-c3cc4cnccc4o3)n2n1. The van der Waals surface area contributed by atoms with Crippen LogP contribution < -0.4 is 10.5 Å². The lowest BCUT2D eigenvalue weighted by atomic mass is 10.3.